The summed E-state index contributed by atoms with van der Waals surface area (Å²) in [7, 11) is 1.44. The Balaban J connectivity index is 2.18. The molecule has 2 aromatic heterocycles. The van der Waals surface area contributed by atoms with Crippen molar-refractivity contribution >= 4 is 28.2 Å². The Kier molecular flexibility index (Phi) is 3.86. The molecule has 0 radical (unpaired) electrons. The first-order valence-corrected chi connectivity index (χ1v) is 6.26. The molecule has 0 bridgehead atoms. The highest BCUT2D eigenvalue weighted by Gasteiger charge is 2.15. The van der Waals surface area contributed by atoms with E-state index >= 15 is 0 Å². The lowest BCUT2D eigenvalue weighted by Gasteiger charge is -2.05. The first-order valence-electron chi connectivity index (χ1n) is 5.38. The summed E-state index contributed by atoms with van der Waals surface area (Å²) in [4.78, 5) is 31.1. The molecule has 6 nitrogen and oxygen atoms in total. The van der Waals surface area contributed by atoms with Crippen LogP contribution in [0.25, 0.3) is 0 Å². The summed E-state index contributed by atoms with van der Waals surface area (Å²) in [6, 6.07) is 3.24. The second-order valence-corrected chi connectivity index (χ2v) is 4.47. The molecule has 1 amide bonds. The van der Waals surface area contributed by atoms with E-state index in [4.69, 9.17) is 4.74 Å². The van der Waals surface area contributed by atoms with E-state index < -0.39 is 0 Å². The third kappa shape index (κ3) is 2.94. The van der Waals surface area contributed by atoms with Gasteiger partial charge in [0.05, 0.1) is 7.11 Å². The molecular formula is C12H11N3O3S. The zero-order chi connectivity index (χ0) is 13.8. The number of aromatic nitrogens is 2. The van der Waals surface area contributed by atoms with Crippen molar-refractivity contribution in [1.82, 2.24) is 9.97 Å². The van der Waals surface area contributed by atoms with E-state index in [1.165, 1.54) is 31.6 Å². The number of methoxy groups -OCH3 is 1. The summed E-state index contributed by atoms with van der Waals surface area (Å²) in [5, 5.41) is 4.56. The number of thiazole rings is 1. The lowest BCUT2D eigenvalue weighted by Crippen LogP contribution is -2.13. The number of Topliss-reactive ketones (excluding diaryl/α,β-unsaturated/α-hetero) is 1. The van der Waals surface area contributed by atoms with Gasteiger partial charge >= 0.3 is 0 Å². The van der Waals surface area contributed by atoms with Gasteiger partial charge in [-0.2, -0.15) is 0 Å². The SMILES string of the molecule is COc1ncccc1C(=O)Nc1nc(C(C)=O)cs1. The molecule has 2 aromatic rings. The van der Waals surface area contributed by atoms with E-state index in [9.17, 15) is 9.59 Å². The zero-order valence-corrected chi connectivity index (χ0v) is 11.2. The summed E-state index contributed by atoms with van der Waals surface area (Å²) in [5.41, 5.74) is 0.642. The monoisotopic (exact) mass is 277 g/mol. The number of amides is 1. The van der Waals surface area contributed by atoms with Crippen LogP contribution in [0.4, 0.5) is 5.13 Å². The summed E-state index contributed by atoms with van der Waals surface area (Å²) in [6.07, 6.45) is 1.53. The average Bonchev–Trinajstić information content (AvgIpc) is 2.87. The topological polar surface area (TPSA) is 81.2 Å². The number of ether oxygens (including phenoxy) is 1. The molecule has 0 aliphatic rings. The highest BCUT2D eigenvalue weighted by atomic mass is 32.1. The van der Waals surface area contributed by atoms with Crippen molar-refractivity contribution in [3.8, 4) is 5.88 Å². The Morgan fingerprint density at radius 2 is 2.21 bits per heavy atom. The van der Waals surface area contributed by atoms with Gasteiger partial charge in [-0.25, -0.2) is 9.97 Å². The lowest BCUT2D eigenvalue weighted by atomic mass is 10.2. The van der Waals surface area contributed by atoms with Crippen LogP contribution < -0.4 is 10.1 Å². The third-order valence-corrected chi connectivity index (χ3v) is 3.05. The maximum absolute atomic E-state index is 12.0. The van der Waals surface area contributed by atoms with E-state index in [1.54, 1.807) is 17.5 Å². The highest BCUT2D eigenvalue weighted by Crippen LogP contribution is 2.19. The fourth-order valence-corrected chi connectivity index (χ4v) is 2.13. The van der Waals surface area contributed by atoms with Crippen LogP contribution in [0.1, 0.15) is 27.8 Å². The van der Waals surface area contributed by atoms with Gasteiger partial charge in [-0.05, 0) is 12.1 Å². The number of ketones is 1. The molecule has 0 aliphatic heterocycles. The molecule has 0 aliphatic carbocycles. The molecule has 0 spiro atoms. The van der Waals surface area contributed by atoms with E-state index in [2.05, 4.69) is 15.3 Å². The summed E-state index contributed by atoms with van der Waals surface area (Å²) < 4.78 is 5.00. The summed E-state index contributed by atoms with van der Waals surface area (Å²) in [6.45, 7) is 1.42. The van der Waals surface area contributed by atoms with E-state index in [0.29, 0.717) is 16.4 Å². The molecule has 2 heterocycles. The van der Waals surface area contributed by atoms with Crippen molar-refractivity contribution < 1.29 is 14.3 Å². The number of hydrogen-bond acceptors (Lipinski definition) is 6. The van der Waals surface area contributed by atoms with Crippen LogP contribution in [0.3, 0.4) is 0 Å². The number of rotatable bonds is 4. The molecule has 0 saturated heterocycles. The van der Waals surface area contributed by atoms with Crippen LogP contribution in [-0.2, 0) is 0 Å². The Bertz CT molecular complexity index is 624. The molecule has 7 heteroatoms. The molecule has 0 saturated carbocycles. The Labute approximate surface area is 113 Å². The van der Waals surface area contributed by atoms with Gasteiger partial charge in [0.25, 0.3) is 5.91 Å². The lowest BCUT2D eigenvalue weighted by molar-refractivity contribution is 0.100. The smallest absolute Gasteiger partial charge is 0.262 e. The second-order valence-electron chi connectivity index (χ2n) is 3.61. The van der Waals surface area contributed by atoms with Crippen LogP contribution in [0.5, 0.6) is 5.88 Å². The number of pyridine rings is 1. The van der Waals surface area contributed by atoms with Crippen molar-refractivity contribution in [1.29, 1.82) is 0 Å². The van der Waals surface area contributed by atoms with Gasteiger partial charge in [0.15, 0.2) is 10.9 Å². The highest BCUT2D eigenvalue weighted by molar-refractivity contribution is 7.14. The molecule has 98 valence electrons. The van der Waals surface area contributed by atoms with Gasteiger partial charge in [0, 0.05) is 18.5 Å². The van der Waals surface area contributed by atoms with Gasteiger partial charge in [0.2, 0.25) is 5.88 Å². The predicted octanol–water partition coefficient (Wildman–Crippen LogP) is 2.00. The van der Waals surface area contributed by atoms with Crippen molar-refractivity contribution in [3.63, 3.8) is 0 Å². The van der Waals surface area contributed by atoms with Gasteiger partial charge < -0.3 is 4.74 Å². The minimum Gasteiger partial charge on any atom is -0.480 e. The van der Waals surface area contributed by atoms with Gasteiger partial charge in [-0.15, -0.1) is 11.3 Å². The van der Waals surface area contributed by atoms with E-state index in [0.717, 1.165) is 0 Å². The molecule has 0 atom stereocenters. The second kappa shape index (κ2) is 5.57. The van der Waals surface area contributed by atoms with Crippen LogP contribution in [0.15, 0.2) is 23.7 Å². The van der Waals surface area contributed by atoms with Crippen molar-refractivity contribution in [2.24, 2.45) is 0 Å². The molecule has 0 aromatic carbocycles. The fraction of sp³-hybridized carbons (Fsp3) is 0.167. The zero-order valence-electron chi connectivity index (χ0n) is 10.3. The van der Waals surface area contributed by atoms with E-state index in [1.807, 2.05) is 0 Å². The third-order valence-electron chi connectivity index (χ3n) is 2.29. The Morgan fingerprint density at radius 1 is 1.42 bits per heavy atom. The van der Waals surface area contributed by atoms with Gasteiger partial charge in [-0.3, -0.25) is 14.9 Å². The molecule has 2 rings (SSSR count). The maximum Gasteiger partial charge on any atom is 0.262 e. The quantitative estimate of drug-likeness (QED) is 0.864. The average molecular weight is 277 g/mol. The first kappa shape index (κ1) is 13.2. The molecular weight excluding hydrogens is 266 g/mol. The minimum absolute atomic E-state index is 0.143. The Morgan fingerprint density at radius 3 is 2.84 bits per heavy atom. The molecule has 1 N–H and O–H groups in total. The number of carbonyl (C=O) groups excluding carboxylic acids is 2. The molecule has 19 heavy (non-hydrogen) atoms. The number of nitrogens with one attached hydrogen (secondary N) is 1. The van der Waals surface area contributed by atoms with Crippen LogP contribution in [0, 0.1) is 0 Å². The normalized spacial score (nSPS) is 10.0. The van der Waals surface area contributed by atoms with Crippen molar-refractivity contribution in [3.05, 3.63) is 35.0 Å². The molecule has 0 fully saturated rings. The van der Waals surface area contributed by atoms with Gasteiger partial charge in [0.1, 0.15) is 11.3 Å². The van der Waals surface area contributed by atoms with Gasteiger partial charge in [-0.1, -0.05) is 0 Å². The Hall–Kier alpha value is -2.28. The number of anilines is 1. The van der Waals surface area contributed by atoms with Crippen molar-refractivity contribution in [2.45, 2.75) is 6.92 Å². The van der Waals surface area contributed by atoms with Crippen LogP contribution in [0.2, 0.25) is 0 Å². The maximum atomic E-state index is 12.0. The van der Waals surface area contributed by atoms with E-state index in [-0.39, 0.29) is 17.6 Å². The van der Waals surface area contributed by atoms with Crippen LogP contribution in [-0.4, -0.2) is 28.8 Å². The fourth-order valence-electron chi connectivity index (χ4n) is 1.38. The number of carbonyl (C=O) groups is 2. The molecule has 0 unspecified atom stereocenters. The minimum atomic E-state index is -0.380. The summed E-state index contributed by atoms with van der Waals surface area (Å²) >= 11 is 1.19. The number of hydrogen-bond donors (Lipinski definition) is 1. The largest absolute Gasteiger partial charge is 0.480 e. The number of nitrogens with zero attached hydrogens (tertiary/aromatic N) is 2. The van der Waals surface area contributed by atoms with Crippen molar-refractivity contribution in [2.75, 3.05) is 12.4 Å². The van der Waals surface area contributed by atoms with Crippen LogP contribution >= 0.6 is 11.3 Å². The standard InChI is InChI=1S/C12H11N3O3S/c1-7(16)9-6-19-12(14-9)15-10(17)8-4-3-5-13-11(8)18-2/h3-6H,1-2H3,(H,14,15,17). The summed E-state index contributed by atoms with van der Waals surface area (Å²) in [5.74, 6) is -0.284. The predicted molar refractivity (Wildman–Crippen MR) is 70.9 cm³/mol. The first-order chi connectivity index (χ1) is 9.11.